The van der Waals surface area contributed by atoms with Crippen LogP contribution in [0, 0.1) is 11.3 Å². The Bertz CT molecular complexity index is 429. The minimum Gasteiger partial charge on any atom is -0.386 e. The van der Waals surface area contributed by atoms with Crippen LogP contribution >= 0.6 is 0 Å². The smallest absolute Gasteiger partial charge is 0.282 e. The second-order valence-electron chi connectivity index (χ2n) is 5.67. The average molecular weight is 288 g/mol. The number of nitrogens with two attached hydrogens (primary N) is 1. The quantitative estimate of drug-likeness (QED) is 0.593. The summed E-state index contributed by atoms with van der Waals surface area (Å²) in [4.78, 5) is 0. The van der Waals surface area contributed by atoms with Crippen LogP contribution in [0.15, 0.2) is 0 Å². The van der Waals surface area contributed by atoms with Crippen LogP contribution in [0.1, 0.15) is 39.0 Å². The van der Waals surface area contributed by atoms with Crippen molar-refractivity contribution >= 4 is 16.0 Å². The van der Waals surface area contributed by atoms with E-state index in [1.807, 2.05) is 0 Å². The van der Waals surface area contributed by atoms with Crippen molar-refractivity contribution in [1.82, 2.24) is 8.61 Å². The largest absolute Gasteiger partial charge is 0.386 e. The average Bonchev–Trinajstić information content (AvgIpc) is 2.39. The van der Waals surface area contributed by atoms with Crippen LogP contribution in [0.25, 0.3) is 0 Å². The van der Waals surface area contributed by atoms with Crippen molar-refractivity contribution in [2.45, 2.75) is 45.1 Å². The molecule has 3 N–H and O–H groups in total. The second-order valence-corrected chi connectivity index (χ2v) is 7.55. The minimum atomic E-state index is -3.46. The summed E-state index contributed by atoms with van der Waals surface area (Å²) in [5.41, 5.74) is 5.56. The minimum absolute atomic E-state index is 0.0337. The molecule has 0 spiro atoms. The Morgan fingerprint density at radius 1 is 1.16 bits per heavy atom. The Hall–Kier alpha value is -0.660. The van der Waals surface area contributed by atoms with Gasteiger partial charge in [-0.05, 0) is 31.6 Å². The Kier molecular flexibility index (Phi) is 4.47. The van der Waals surface area contributed by atoms with Gasteiger partial charge < -0.3 is 5.73 Å². The molecule has 0 saturated carbocycles. The Labute approximate surface area is 115 Å². The van der Waals surface area contributed by atoms with Gasteiger partial charge >= 0.3 is 0 Å². The maximum absolute atomic E-state index is 12.7. The molecule has 2 aliphatic rings. The zero-order valence-corrected chi connectivity index (χ0v) is 12.3. The lowest BCUT2D eigenvalue weighted by Gasteiger charge is -2.39. The number of nitrogens with zero attached hydrogens (tertiary/aromatic N) is 2. The number of piperidine rings is 2. The zero-order chi connectivity index (χ0) is 14.0. The van der Waals surface area contributed by atoms with Gasteiger partial charge in [0.15, 0.2) is 0 Å². The molecule has 0 aromatic rings. The van der Waals surface area contributed by atoms with Crippen molar-refractivity contribution in [2.24, 2.45) is 11.7 Å². The molecule has 2 rings (SSSR count). The van der Waals surface area contributed by atoms with Gasteiger partial charge in [-0.25, -0.2) is 0 Å². The van der Waals surface area contributed by atoms with Crippen LogP contribution in [0.5, 0.6) is 0 Å². The number of rotatable bonds is 3. The molecule has 110 valence electrons. The molecule has 0 bridgehead atoms. The number of hydrogen-bond acceptors (Lipinski definition) is 3. The van der Waals surface area contributed by atoms with E-state index < -0.39 is 16.3 Å². The normalized spacial score (nSPS) is 28.4. The third-order valence-electron chi connectivity index (χ3n) is 4.18. The van der Waals surface area contributed by atoms with Gasteiger partial charge in [0.2, 0.25) is 0 Å². The van der Waals surface area contributed by atoms with Crippen LogP contribution < -0.4 is 5.73 Å². The molecule has 7 heteroatoms. The number of amidine groups is 1. The highest BCUT2D eigenvalue weighted by Gasteiger charge is 2.38. The summed E-state index contributed by atoms with van der Waals surface area (Å²) in [5, 5.41) is 7.60. The summed E-state index contributed by atoms with van der Waals surface area (Å²) >= 11 is 0. The van der Waals surface area contributed by atoms with E-state index in [-0.39, 0.29) is 5.84 Å². The summed E-state index contributed by atoms with van der Waals surface area (Å²) in [6.07, 6.45) is 4.29. The Morgan fingerprint density at radius 3 is 2.37 bits per heavy atom. The third-order valence-corrected chi connectivity index (χ3v) is 6.23. The molecule has 1 unspecified atom stereocenters. The van der Waals surface area contributed by atoms with E-state index in [1.54, 1.807) is 4.31 Å². The molecule has 1 atom stereocenters. The van der Waals surface area contributed by atoms with Crippen LogP contribution in [-0.4, -0.2) is 48.5 Å². The van der Waals surface area contributed by atoms with Crippen molar-refractivity contribution in [3.8, 4) is 0 Å². The monoisotopic (exact) mass is 288 g/mol. The summed E-state index contributed by atoms with van der Waals surface area (Å²) in [5.74, 6) is 0.560. The molecule has 2 saturated heterocycles. The number of hydrogen-bond donors (Lipinski definition) is 2. The molecule has 2 fully saturated rings. The molecule has 2 heterocycles. The fourth-order valence-corrected chi connectivity index (χ4v) is 4.73. The predicted octanol–water partition coefficient (Wildman–Crippen LogP) is 0.754. The number of nitrogens with one attached hydrogen (secondary N) is 1. The molecule has 0 aromatic carbocycles. The van der Waals surface area contributed by atoms with E-state index in [9.17, 15) is 8.42 Å². The fraction of sp³-hybridized carbons (Fsp3) is 0.917. The molecule has 2 aliphatic heterocycles. The predicted molar refractivity (Wildman–Crippen MR) is 75.1 cm³/mol. The Morgan fingerprint density at radius 2 is 1.79 bits per heavy atom. The van der Waals surface area contributed by atoms with Crippen LogP contribution in [0.2, 0.25) is 0 Å². The van der Waals surface area contributed by atoms with Gasteiger partial charge in [-0.2, -0.15) is 17.0 Å². The summed E-state index contributed by atoms with van der Waals surface area (Å²) in [6.45, 7) is 3.82. The molecular weight excluding hydrogens is 264 g/mol. The van der Waals surface area contributed by atoms with Gasteiger partial charge in [0.1, 0.15) is 5.84 Å². The van der Waals surface area contributed by atoms with Gasteiger partial charge in [-0.1, -0.05) is 13.3 Å². The maximum Gasteiger partial charge on any atom is 0.282 e. The van der Waals surface area contributed by atoms with Crippen molar-refractivity contribution in [3.63, 3.8) is 0 Å². The van der Waals surface area contributed by atoms with Gasteiger partial charge in [0.05, 0.1) is 6.04 Å². The first-order chi connectivity index (χ1) is 8.93. The summed E-state index contributed by atoms with van der Waals surface area (Å²) in [7, 11) is -3.46. The molecule has 19 heavy (non-hydrogen) atoms. The van der Waals surface area contributed by atoms with Crippen molar-refractivity contribution < 1.29 is 8.42 Å². The lowest BCUT2D eigenvalue weighted by Crippen LogP contribution is -2.55. The summed E-state index contributed by atoms with van der Waals surface area (Å²) in [6, 6.07) is -0.446. The van der Waals surface area contributed by atoms with E-state index >= 15 is 0 Å². The topological polar surface area (TPSA) is 90.5 Å². The van der Waals surface area contributed by atoms with Crippen LogP contribution in [0.4, 0.5) is 0 Å². The standard InChI is InChI=1S/C12H24N4O2S/c1-10-5-8-15(9-6-10)19(17,18)16-7-3-2-4-11(16)12(13)14/h10-11H,2-9H2,1H3,(H3,13,14). The van der Waals surface area contributed by atoms with E-state index in [4.69, 9.17) is 11.1 Å². The van der Waals surface area contributed by atoms with Crippen molar-refractivity contribution in [2.75, 3.05) is 19.6 Å². The first kappa shape index (κ1) is 14.7. The molecule has 0 amide bonds. The fourth-order valence-electron chi connectivity index (χ4n) is 2.86. The maximum atomic E-state index is 12.7. The molecule has 0 radical (unpaired) electrons. The second kappa shape index (κ2) is 5.76. The lowest BCUT2D eigenvalue weighted by atomic mass is 10.0. The van der Waals surface area contributed by atoms with Gasteiger partial charge in [-0.15, -0.1) is 0 Å². The molecule has 0 aromatic heterocycles. The first-order valence-electron chi connectivity index (χ1n) is 7.03. The molecule has 0 aliphatic carbocycles. The van der Waals surface area contributed by atoms with Crippen molar-refractivity contribution in [3.05, 3.63) is 0 Å². The highest BCUT2D eigenvalue weighted by molar-refractivity contribution is 7.86. The summed E-state index contributed by atoms with van der Waals surface area (Å²) < 4.78 is 28.3. The highest BCUT2D eigenvalue weighted by atomic mass is 32.2. The lowest BCUT2D eigenvalue weighted by molar-refractivity contribution is 0.239. The van der Waals surface area contributed by atoms with Gasteiger partial charge in [-0.3, -0.25) is 5.41 Å². The third kappa shape index (κ3) is 3.09. The van der Waals surface area contributed by atoms with E-state index in [1.165, 1.54) is 4.31 Å². The van der Waals surface area contributed by atoms with Gasteiger partial charge in [0, 0.05) is 19.6 Å². The molecular formula is C12H24N4O2S. The highest BCUT2D eigenvalue weighted by Crippen LogP contribution is 2.26. The van der Waals surface area contributed by atoms with E-state index in [0.717, 1.165) is 25.7 Å². The van der Waals surface area contributed by atoms with Crippen LogP contribution in [-0.2, 0) is 10.2 Å². The van der Waals surface area contributed by atoms with E-state index in [2.05, 4.69) is 6.92 Å². The SMILES string of the molecule is CC1CCN(S(=O)(=O)N2CCCCC2C(=N)N)CC1. The van der Waals surface area contributed by atoms with Crippen LogP contribution in [0.3, 0.4) is 0 Å². The van der Waals surface area contributed by atoms with E-state index in [0.29, 0.717) is 32.0 Å². The van der Waals surface area contributed by atoms with Gasteiger partial charge in [0.25, 0.3) is 10.2 Å². The molecule has 6 nitrogen and oxygen atoms in total. The van der Waals surface area contributed by atoms with Crippen molar-refractivity contribution in [1.29, 1.82) is 5.41 Å². The Balaban J connectivity index is 2.15. The zero-order valence-electron chi connectivity index (χ0n) is 11.5. The first-order valence-corrected chi connectivity index (χ1v) is 8.43.